The number of benzene rings is 1. The number of fused-ring (bicyclic) bond motifs is 2. The van der Waals surface area contributed by atoms with Crippen molar-refractivity contribution in [1.82, 2.24) is 14.7 Å². The number of hydrogen-bond donors (Lipinski definition) is 1. The molecule has 3 atom stereocenters. The number of aliphatic hydroxyl groups excluding tert-OH is 1. The standard InChI is InChI=1S/C19H25N3O/c1-21-17(9-10-20-21)13-22-16-7-8-18(22)19(12-16,14-23)11-15-5-3-2-4-6-15/h2-6,9-10,16,18,23H,7-8,11-14H2,1H3/t16-,18+,19-/m1/s1. The van der Waals surface area contributed by atoms with Gasteiger partial charge in [-0.15, -0.1) is 0 Å². The molecule has 2 aliphatic rings. The fourth-order valence-electron chi connectivity index (χ4n) is 4.82. The van der Waals surface area contributed by atoms with Crippen molar-refractivity contribution in [1.29, 1.82) is 0 Å². The zero-order valence-electron chi connectivity index (χ0n) is 13.7. The first-order valence-electron chi connectivity index (χ1n) is 8.59. The molecule has 2 fully saturated rings. The molecule has 3 heterocycles. The first-order valence-corrected chi connectivity index (χ1v) is 8.59. The second kappa shape index (κ2) is 5.77. The Balaban J connectivity index is 1.57. The summed E-state index contributed by atoms with van der Waals surface area (Å²) in [5.41, 5.74) is 2.62. The van der Waals surface area contributed by atoms with Crippen LogP contribution in [0.2, 0.25) is 0 Å². The highest BCUT2D eigenvalue weighted by atomic mass is 16.3. The molecule has 2 saturated heterocycles. The fraction of sp³-hybridized carbons (Fsp3) is 0.526. The first-order chi connectivity index (χ1) is 11.2. The molecule has 122 valence electrons. The van der Waals surface area contributed by atoms with Crippen LogP contribution in [0.3, 0.4) is 0 Å². The van der Waals surface area contributed by atoms with Gasteiger partial charge in [0.05, 0.1) is 12.3 Å². The highest BCUT2D eigenvalue weighted by Crippen LogP contribution is 2.51. The van der Waals surface area contributed by atoms with Crippen molar-refractivity contribution >= 4 is 0 Å². The van der Waals surface area contributed by atoms with E-state index in [1.54, 1.807) is 0 Å². The van der Waals surface area contributed by atoms with Gasteiger partial charge < -0.3 is 5.11 Å². The lowest BCUT2D eigenvalue weighted by atomic mass is 9.70. The van der Waals surface area contributed by atoms with E-state index in [1.165, 1.54) is 24.1 Å². The van der Waals surface area contributed by atoms with Crippen LogP contribution in [0.5, 0.6) is 0 Å². The van der Waals surface area contributed by atoms with Gasteiger partial charge in [0, 0.05) is 37.3 Å². The van der Waals surface area contributed by atoms with Crippen LogP contribution in [-0.4, -0.2) is 38.5 Å². The topological polar surface area (TPSA) is 41.3 Å². The summed E-state index contributed by atoms with van der Waals surface area (Å²) in [6, 6.07) is 13.8. The lowest BCUT2D eigenvalue weighted by molar-refractivity contribution is 0.0745. The van der Waals surface area contributed by atoms with Gasteiger partial charge in [-0.3, -0.25) is 9.58 Å². The van der Waals surface area contributed by atoms with Gasteiger partial charge >= 0.3 is 0 Å². The van der Waals surface area contributed by atoms with E-state index in [1.807, 2.05) is 17.9 Å². The van der Waals surface area contributed by atoms with Crippen molar-refractivity contribution in [2.75, 3.05) is 6.61 Å². The van der Waals surface area contributed by atoms with Crippen LogP contribution >= 0.6 is 0 Å². The monoisotopic (exact) mass is 311 g/mol. The zero-order chi connectivity index (χ0) is 15.9. The van der Waals surface area contributed by atoms with E-state index in [9.17, 15) is 5.11 Å². The van der Waals surface area contributed by atoms with Gasteiger partial charge in [-0.2, -0.15) is 5.10 Å². The van der Waals surface area contributed by atoms with Crippen molar-refractivity contribution in [3.8, 4) is 0 Å². The second-order valence-corrected chi connectivity index (χ2v) is 7.25. The average molecular weight is 311 g/mol. The molecule has 1 N–H and O–H groups in total. The first kappa shape index (κ1) is 14.9. The summed E-state index contributed by atoms with van der Waals surface area (Å²) in [6.45, 7) is 1.23. The number of nitrogens with zero attached hydrogens (tertiary/aromatic N) is 3. The predicted molar refractivity (Wildman–Crippen MR) is 89.8 cm³/mol. The van der Waals surface area contributed by atoms with Crippen LogP contribution in [0.15, 0.2) is 42.6 Å². The molecule has 1 aromatic carbocycles. The van der Waals surface area contributed by atoms with E-state index in [4.69, 9.17) is 0 Å². The van der Waals surface area contributed by atoms with Gasteiger partial charge in [0.25, 0.3) is 0 Å². The average Bonchev–Trinajstić information content (AvgIpc) is 3.24. The van der Waals surface area contributed by atoms with Crippen LogP contribution in [0.25, 0.3) is 0 Å². The Labute approximate surface area is 137 Å². The summed E-state index contributed by atoms with van der Waals surface area (Å²) in [4.78, 5) is 2.62. The minimum absolute atomic E-state index is 0.0167. The molecule has 0 saturated carbocycles. The molecule has 0 radical (unpaired) electrons. The van der Waals surface area contributed by atoms with Crippen LogP contribution < -0.4 is 0 Å². The zero-order valence-corrected chi connectivity index (χ0v) is 13.7. The van der Waals surface area contributed by atoms with Crippen molar-refractivity contribution in [3.63, 3.8) is 0 Å². The predicted octanol–water partition coefficient (Wildman–Crippen LogP) is 2.38. The largest absolute Gasteiger partial charge is 0.396 e. The van der Waals surface area contributed by atoms with Gasteiger partial charge in [0.1, 0.15) is 0 Å². The second-order valence-electron chi connectivity index (χ2n) is 7.25. The quantitative estimate of drug-likeness (QED) is 0.922. The van der Waals surface area contributed by atoms with Crippen LogP contribution in [0, 0.1) is 5.41 Å². The van der Waals surface area contributed by atoms with Crippen LogP contribution in [0.4, 0.5) is 0 Å². The van der Waals surface area contributed by atoms with E-state index in [-0.39, 0.29) is 12.0 Å². The number of hydrogen-bond acceptors (Lipinski definition) is 3. The third-order valence-electron chi connectivity index (χ3n) is 5.97. The lowest BCUT2D eigenvalue weighted by Crippen LogP contribution is -2.41. The smallest absolute Gasteiger partial charge is 0.0521 e. The fourth-order valence-corrected chi connectivity index (χ4v) is 4.82. The van der Waals surface area contributed by atoms with E-state index in [0.29, 0.717) is 12.1 Å². The minimum Gasteiger partial charge on any atom is -0.396 e. The van der Waals surface area contributed by atoms with E-state index < -0.39 is 0 Å². The third-order valence-corrected chi connectivity index (χ3v) is 5.97. The Kier molecular flexibility index (Phi) is 3.74. The van der Waals surface area contributed by atoms with E-state index >= 15 is 0 Å². The molecule has 4 heteroatoms. The molecule has 2 bridgehead atoms. The molecular weight excluding hydrogens is 286 g/mol. The molecule has 0 aliphatic carbocycles. The van der Waals surface area contributed by atoms with Crippen molar-refractivity contribution in [2.24, 2.45) is 12.5 Å². The molecule has 4 nitrogen and oxygen atoms in total. The Bertz CT molecular complexity index is 668. The Morgan fingerprint density at radius 2 is 2.04 bits per heavy atom. The molecule has 0 spiro atoms. The molecule has 2 aromatic rings. The lowest BCUT2D eigenvalue weighted by Gasteiger charge is -2.36. The van der Waals surface area contributed by atoms with Crippen molar-refractivity contribution in [3.05, 3.63) is 53.9 Å². The molecule has 1 aromatic heterocycles. The summed E-state index contributed by atoms with van der Waals surface area (Å²) >= 11 is 0. The number of aryl methyl sites for hydroxylation is 1. The van der Waals surface area contributed by atoms with Gasteiger partial charge in [0.2, 0.25) is 0 Å². The van der Waals surface area contributed by atoms with Gasteiger partial charge in [-0.25, -0.2) is 0 Å². The Hall–Kier alpha value is -1.65. The van der Waals surface area contributed by atoms with Crippen molar-refractivity contribution < 1.29 is 5.11 Å². The summed E-state index contributed by atoms with van der Waals surface area (Å²) in [5.74, 6) is 0. The maximum Gasteiger partial charge on any atom is 0.0521 e. The molecule has 0 unspecified atom stereocenters. The number of aliphatic hydroxyl groups is 1. The van der Waals surface area contributed by atoms with Crippen molar-refractivity contribution in [2.45, 2.75) is 44.3 Å². The van der Waals surface area contributed by atoms with Gasteiger partial charge in [-0.05, 0) is 37.3 Å². The molecule has 4 rings (SSSR count). The highest BCUT2D eigenvalue weighted by Gasteiger charge is 2.55. The summed E-state index contributed by atoms with van der Waals surface area (Å²) in [7, 11) is 2.01. The maximum absolute atomic E-state index is 10.3. The summed E-state index contributed by atoms with van der Waals surface area (Å²) < 4.78 is 1.97. The Morgan fingerprint density at radius 3 is 2.74 bits per heavy atom. The van der Waals surface area contributed by atoms with Crippen LogP contribution in [0.1, 0.15) is 30.5 Å². The maximum atomic E-state index is 10.3. The minimum atomic E-state index is 0.0167. The SMILES string of the molecule is Cn1nccc1CN1[C@@H]2CC[C@H]1[C@](CO)(Cc1ccccc1)C2. The van der Waals surface area contributed by atoms with Gasteiger partial charge in [-0.1, -0.05) is 30.3 Å². The molecule has 2 aliphatic heterocycles. The van der Waals surface area contributed by atoms with E-state index in [0.717, 1.165) is 19.4 Å². The normalized spacial score (nSPS) is 30.2. The van der Waals surface area contributed by atoms with E-state index in [2.05, 4.69) is 46.4 Å². The molecular formula is C19H25N3O. The summed E-state index contributed by atoms with van der Waals surface area (Å²) in [6.07, 6.45) is 6.43. The highest BCUT2D eigenvalue weighted by molar-refractivity contribution is 5.21. The molecule has 23 heavy (non-hydrogen) atoms. The van der Waals surface area contributed by atoms with Crippen LogP contribution in [-0.2, 0) is 20.0 Å². The van der Waals surface area contributed by atoms with Gasteiger partial charge in [0.15, 0.2) is 0 Å². The number of aromatic nitrogens is 2. The molecule has 0 amide bonds. The Morgan fingerprint density at radius 1 is 1.22 bits per heavy atom. The third kappa shape index (κ3) is 2.50. The summed E-state index contributed by atoms with van der Waals surface area (Å²) in [5, 5.41) is 14.5. The number of rotatable bonds is 5.